The van der Waals surface area contributed by atoms with Crippen LogP contribution in [0.4, 0.5) is 5.69 Å². The SMILES string of the molecule is C=CC(=O)Nc1cccc(C(=O)N2CCc3cc(Br)sc3C2)c1. The lowest BCUT2D eigenvalue weighted by Gasteiger charge is -2.27. The lowest BCUT2D eigenvalue weighted by molar-refractivity contribution is -0.111. The standard InChI is InChI=1S/C17H15BrN2O2S/c1-2-16(21)19-13-5-3-4-12(8-13)17(22)20-7-6-11-9-15(18)23-14(11)10-20/h2-5,8-9H,1,6-7,10H2,(H,19,21). The van der Waals surface area contributed by atoms with Crippen molar-refractivity contribution in [3.8, 4) is 0 Å². The number of thiophene rings is 1. The zero-order valence-electron chi connectivity index (χ0n) is 12.3. The highest BCUT2D eigenvalue weighted by Crippen LogP contribution is 2.32. The van der Waals surface area contributed by atoms with Crippen molar-refractivity contribution in [1.82, 2.24) is 4.90 Å². The molecule has 0 fully saturated rings. The highest BCUT2D eigenvalue weighted by atomic mass is 79.9. The number of hydrogen-bond acceptors (Lipinski definition) is 3. The van der Waals surface area contributed by atoms with E-state index in [0.717, 1.165) is 10.2 Å². The van der Waals surface area contributed by atoms with E-state index < -0.39 is 0 Å². The fourth-order valence-corrected chi connectivity index (χ4v) is 4.37. The van der Waals surface area contributed by atoms with Gasteiger partial charge in [0, 0.05) is 22.7 Å². The Morgan fingerprint density at radius 3 is 2.96 bits per heavy atom. The maximum atomic E-state index is 12.7. The first-order chi connectivity index (χ1) is 11.1. The summed E-state index contributed by atoms with van der Waals surface area (Å²) in [6.45, 7) is 4.76. The average Bonchev–Trinajstić information content (AvgIpc) is 2.93. The smallest absolute Gasteiger partial charge is 0.254 e. The maximum Gasteiger partial charge on any atom is 0.254 e. The molecule has 0 atom stereocenters. The third kappa shape index (κ3) is 3.54. The molecule has 1 N–H and O–H groups in total. The van der Waals surface area contributed by atoms with Gasteiger partial charge in [0.2, 0.25) is 5.91 Å². The van der Waals surface area contributed by atoms with Gasteiger partial charge in [-0.25, -0.2) is 0 Å². The Labute approximate surface area is 146 Å². The molecule has 0 bridgehead atoms. The molecule has 1 aliphatic rings. The molecule has 2 heterocycles. The fourth-order valence-electron chi connectivity index (χ4n) is 2.56. The minimum Gasteiger partial charge on any atom is -0.333 e. The minimum atomic E-state index is -0.291. The third-order valence-corrected chi connectivity index (χ3v) is 5.37. The first-order valence-electron chi connectivity index (χ1n) is 7.16. The van der Waals surface area contributed by atoms with Gasteiger partial charge in [0.15, 0.2) is 0 Å². The Hall–Kier alpha value is -1.92. The minimum absolute atomic E-state index is 0.0186. The number of carbonyl (C=O) groups excluding carboxylic acids is 2. The molecule has 0 aliphatic carbocycles. The van der Waals surface area contributed by atoms with E-state index in [-0.39, 0.29) is 11.8 Å². The van der Waals surface area contributed by atoms with Gasteiger partial charge in [0.05, 0.1) is 10.3 Å². The summed E-state index contributed by atoms with van der Waals surface area (Å²) in [6, 6.07) is 9.12. The van der Waals surface area contributed by atoms with Crippen molar-refractivity contribution in [3.63, 3.8) is 0 Å². The normalized spacial score (nSPS) is 13.3. The lowest BCUT2D eigenvalue weighted by atomic mass is 10.1. The summed E-state index contributed by atoms with van der Waals surface area (Å²) < 4.78 is 1.10. The molecule has 118 valence electrons. The summed E-state index contributed by atoms with van der Waals surface area (Å²) >= 11 is 5.18. The first-order valence-corrected chi connectivity index (χ1v) is 8.77. The Morgan fingerprint density at radius 2 is 2.17 bits per heavy atom. The van der Waals surface area contributed by atoms with Crippen molar-refractivity contribution in [2.45, 2.75) is 13.0 Å². The summed E-state index contributed by atoms with van der Waals surface area (Å²) in [6.07, 6.45) is 2.07. The number of halogens is 1. The van der Waals surface area contributed by atoms with Crippen molar-refractivity contribution < 1.29 is 9.59 Å². The zero-order valence-corrected chi connectivity index (χ0v) is 14.7. The van der Waals surface area contributed by atoms with Gasteiger partial charge in [-0.1, -0.05) is 12.6 Å². The van der Waals surface area contributed by atoms with Gasteiger partial charge in [0.1, 0.15) is 0 Å². The van der Waals surface area contributed by atoms with E-state index in [2.05, 4.69) is 33.9 Å². The van der Waals surface area contributed by atoms with Gasteiger partial charge in [-0.3, -0.25) is 9.59 Å². The van der Waals surface area contributed by atoms with E-state index in [1.54, 1.807) is 35.6 Å². The van der Waals surface area contributed by atoms with Crippen LogP contribution >= 0.6 is 27.3 Å². The van der Waals surface area contributed by atoms with Crippen molar-refractivity contribution in [1.29, 1.82) is 0 Å². The predicted octanol–water partition coefficient (Wildman–Crippen LogP) is 3.83. The van der Waals surface area contributed by atoms with Crippen LogP contribution in [0.5, 0.6) is 0 Å². The Bertz CT molecular complexity index is 785. The van der Waals surface area contributed by atoms with Crippen LogP contribution in [0, 0.1) is 0 Å². The maximum absolute atomic E-state index is 12.7. The van der Waals surface area contributed by atoms with Gasteiger partial charge in [-0.2, -0.15) is 0 Å². The predicted molar refractivity (Wildman–Crippen MR) is 95.7 cm³/mol. The van der Waals surface area contributed by atoms with Crippen molar-refractivity contribution in [3.05, 3.63) is 62.8 Å². The Kier molecular flexibility index (Phi) is 4.63. The second-order valence-electron chi connectivity index (χ2n) is 5.25. The lowest BCUT2D eigenvalue weighted by Crippen LogP contribution is -2.35. The molecule has 0 unspecified atom stereocenters. The molecule has 1 aromatic heterocycles. The van der Waals surface area contributed by atoms with E-state index in [4.69, 9.17) is 0 Å². The van der Waals surface area contributed by atoms with Gasteiger partial charge in [0.25, 0.3) is 5.91 Å². The molecule has 4 nitrogen and oxygen atoms in total. The van der Waals surface area contributed by atoms with Crippen LogP contribution in [0.3, 0.4) is 0 Å². The molecule has 0 saturated carbocycles. The molecule has 0 spiro atoms. The van der Waals surface area contributed by atoms with Crippen LogP contribution in [0.2, 0.25) is 0 Å². The summed E-state index contributed by atoms with van der Waals surface area (Å²) in [4.78, 5) is 27.2. The fraction of sp³-hybridized carbons (Fsp3) is 0.176. The molecule has 0 saturated heterocycles. The zero-order chi connectivity index (χ0) is 16.4. The second-order valence-corrected chi connectivity index (χ2v) is 7.77. The molecule has 3 rings (SSSR count). The second kappa shape index (κ2) is 6.68. The highest BCUT2D eigenvalue weighted by molar-refractivity contribution is 9.11. The Morgan fingerprint density at radius 1 is 1.35 bits per heavy atom. The number of hydrogen-bond donors (Lipinski definition) is 1. The van der Waals surface area contributed by atoms with Crippen LogP contribution < -0.4 is 5.32 Å². The van der Waals surface area contributed by atoms with Crippen molar-refractivity contribution in [2.75, 3.05) is 11.9 Å². The number of amides is 2. The van der Waals surface area contributed by atoms with E-state index in [1.807, 2.05) is 4.90 Å². The van der Waals surface area contributed by atoms with Crippen LogP contribution in [0.25, 0.3) is 0 Å². The molecule has 6 heteroatoms. The van der Waals surface area contributed by atoms with E-state index in [1.165, 1.54) is 16.5 Å². The number of fused-ring (bicyclic) bond motifs is 1. The summed E-state index contributed by atoms with van der Waals surface area (Å²) in [5, 5.41) is 2.68. The number of anilines is 1. The molecule has 1 aromatic carbocycles. The van der Waals surface area contributed by atoms with Gasteiger partial charge >= 0.3 is 0 Å². The molecule has 0 radical (unpaired) electrons. The number of rotatable bonds is 3. The molecule has 23 heavy (non-hydrogen) atoms. The van der Waals surface area contributed by atoms with Crippen LogP contribution in [0.1, 0.15) is 20.8 Å². The third-order valence-electron chi connectivity index (χ3n) is 3.70. The average molecular weight is 391 g/mol. The largest absolute Gasteiger partial charge is 0.333 e. The molecule has 2 aromatic rings. The van der Waals surface area contributed by atoms with Gasteiger partial charge in [-0.05, 0) is 58.3 Å². The van der Waals surface area contributed by atoms with Gasteiger partial charge < -0.3 is 10.2 Å². The van der Waals surface area contributed by atoms with E-state index >= 15 is 0 Å². The summed E-state index contributed by atoms with van der Waals surface area (Å²) in [5.41, 5.74) is 2.49. The quantitative estimate of drug-likeness (QED) is 0.809. The van der Waals surface area contributed by atoms with E-state index in [9.17, 15) is 9.59 Å². The number of nitrogens with zero attached hydrogens (tertiary/aromatic N) is 1. The number of nitrogens with one attached hydrogen (secondary N) is 1. The molecular weight excluding hydrogens is 376 g/mol. The van der Waals surface area contributed by atoms with E-state index in [0.29, 0.717) is 24.3 Å². The molecular formula is C17H15BrN2O2S. The number of benzene rings is 1. The monoisotopic (exact) mass is 390 g/mol. The van der Waals surface area contributed by atoms with Gasteiger partial charge in [-0.15, -0.1) is 11.3 Å². The van der Waals surface area contributed by atoms with Crippen LogP contribution in [0.15, 0.2) is 46.8 Å². The topological polar surface area (TPSA) is 49.4 Å². The molecule has 2 amide bonds. The summed E-state index contributed by atoms with van der Waals surface area (Å²) in [7, 11) is 0. The Balaban J connectivity index is 1.77. The van der Waals surface area contributed by atoms with Crippen molar-refractivity contribution in [2.24, 2.45) is 0 Å². The van der Waals surface area contributed by atoms with Crippen LogP contribution in [-0.4, -0.2) is 23.3 Å². The highest BCUT2D eigenvalue weighted by Gasteiger charge is 2.23. The summed E-state index contributed by atoms with van der Waals surface area (Å²) in [5.74, 6) is -0.310. The van der Waals surface area contributed by atoms with Crippen molar-refractivity contribution >= 4 is 44.8 Å². The molecule has 1 aliphatic heterocycles. The first kappa shape index (κ1) is 16.0. The van der Waals surface area contributed by atoms with Crippen LogP contribution in [-0.2, 0) is 17.8 Å². The number of carbonyl (C=O) groups is 2.